The molecule has 0 fully saturated rings. The lowest BCUT2D eigenvalue weighted by Crippen LogP contribution is -2.31. The Morgan fingerprint density at radius 1 is 1.04 bits per heavy atom. The van der Waals surface area contributed by atoms with Gasteiger partial charge in [0.2, 0.25) is 0 Å². The topological polar surface area (TPSA) is 67.1 Å². The zero-order valence-corrected chi connectivity index (χ0v) is 14.9. The van der Waals surface area contributed by atoms with Gasteiger partial charge in [0, 0.05) is 18.8 Å². The van der Waals surface area contributed by atoms with Crippen molar-refractivity contribution in [2.24, 2.45) is 0 Å². The highest BCUT2D eigenvalue weighted by atomic mass is 15.2. The molecule has 5 nitrogen and oxygen atoms in total. The SMILES string of the molecule is CCc1ccccc1Nc1ncnc(N2CCc3ccccc3C2)c1N. The van der Waals surface area contributed by atoms with E-state index in [0.717, 1.165) is 37.4 Å². The first-order valence-corrected chi connectivity index (χ1v) is 9.03. The number of nitrogens with one attached hydrogen (secondary N) is 1. The number of rotatable bonds is 4. The molecule has 0 amide bonds. The number of nitrogens with two attached hydrogens (primary N) is 1. The summed E-state index contributed by atoms with van der Waals surface area (Å²) < 4.78 is 0. The lowest BCUT2D eigenvalue weighted by atomic mass is 10.00. The maximum Gasteiger partial charge on any atom is 0.159 e. The Morgan fingerprint density at radius 2 is 1.81 bits per heavy atom. The molecule has 0 bridgehead atoms. The molecular weight excluding hydrogens is 322 g/mol. The quantitative estimate of drug-likeness (QED) is 0.750. The number of para-hydroxylation sites is 1. The molecular formula is C21H23N5. The average molecular weight is 345 g/mol. The van der Waals surface area contributed by atoms with Crippen molar-refractivity contribution < 1.29 is 0 Å². The van der Waals surface area contributed by atoms with E-state index in [1.54, 1.807) is 6.33 Å². The number of hydrogen-bond acceptors (Lipinski definition) is 5. The molecule has 0 unspecified atom stereocenters. The van der Waals surface area contributed by atoms with Crippen LogP contribution in [-0.2, 0) is 19.4 Å². The van der Waals surface area contributed by atoms with Crippen LogP contribution in [0.5, 0.6) is 0 Å². The Balaban J connectivity index is 1.62. The normalized spacial score (nSPS) is 13.3. The van der Waals surface area contributed by atoms with Crippen molar-refractivity contribution in [3.05, 3.63) is 71.5 Å². The molecule has 1 aliphatic rings. The first-order valence-electron chi connectivity index (χ1n) is 9.03. The third kappa shape index (κ3) is 3.08. The fourth-order valence-corrected chi connectivity index (χ4v) is 3.49. The zero-order chi connectivity index (χ0) is 17.9. The van der Waals surface area contributed by atoms with Gasteiger partial charge in [-0.2, -0.15) is 0 Å². The summed E-state index contributed by atoms with van der Waals surface area (Å²) >= 11 is 0. The van der Waals surface area contributed by atoms with E-state index in [4.69, 9.17) is 5.73 Å². The maximum atomic E-state index is 6.44. The summed E-state index contributed by atoms with van der Waals surface area (Å²) in [5.74, 6) is 1.46. The second-order valence-corrected chi connectivity index (χ2v) is 6.54. The van der Waals surface area contributed by atoms with Crippen molar-refractivity contribution in [3.63, 3.8) is 0 Å². The molecule has 0 saturated heterocycles. The van der Waals surface area contributed by atoms with E-state index >= 15 is 0 Å². The highest BCUT2D eigenvalue weighted by Crippen LogP contribution is 2.32. The van der Waals surface area contributed by atoms with Gasteiger partial charge in [-0.15, -0.1) is 0 Å². The Hall–Kier alpha value is -3.08. The number of anilines is 4. The van der Waals surface area contributed by atoms with Crippen LogP contribution in [-0.4, -0.2) is 16.5 Å². The average Bonchev–Trinajstić information content (AvgIpc) is 2.69. The largest absolute Gasteiger partial charge is 0.393 e. The summed E-state index contributed by atoms with van der Waals surface area (Å²) in [4.78, 5) is 11.1. The lowest BCUT2D eigenvalue weighted by molar-refractivity contribution is 0.721. The molecule has 0 saturated carbocycles. The second-order valence-electron chi connectivity index (χ2n) is 6.54. The molecule has 1 aromatic heterocycles. The van der Waals surface area contributed by atoms with Gasteiger partial charge in [-0.3, -0.25) is 0 Å². The number of nitrogen functional groups attached to an aromatic ring is 1. The first-order chi connectivity index (χ1) is 12.8. The molecule has 4 rings (SSSR count). The molecule has 1 aliphatic heterocycles. The Bertz CT molecular complexity index is 922. The van der Waals surface area contributed by atoms with Gasteiger partial charge in [0.15, 0.2) is 11.6 Å². The van der Waals surface area contributed by atoms with Gasteiger partial charge in [-0.25, -0.2) is 9.97 Å². The minimum atomic E-state index is 0.595. The van der Waals surface area contributed by atoms with E-state index in [1.165, 1.54) is 16.7 Å². The minimum absolute atomic E-state index is 0.595. The summed E-state index contributed by atoms with van der Waals surface area (Å²) in [6.07, 6.45) is 3.54. The monoisotopic (exact) mass is 345 g/mol. The number of hydrogen-bond donors (Lipinski definition) is 2. The predicted octanol–water partition coefficient (Wildman–Crippen LogP) is 3.93. The molecule has 3 aromatic rings. The first kappa shape index (κ1) is 16.4. The van der Waals surface area contributed by atoms with Crippen LogP contribution in [0.4, 0.5) is 23.0 Å². The van der Waals surface area contributed by atoms with E-state index in [1.807, 2.05) is 12.1 Å². The summed E-state index contributed by atoms with van der Waals surface area (Å²) in [6.45, 7) is 3.87. The van der Waals surface area contributed by atoms with Gasteiger partial charge < -0.3 is 16.0 Å². The molecule has 0 spiro atoms. The summed E-state index contributed by atoms with van der Waals surface area (Å²) in [5, 5.41) is 3.39. The summed E-state index contributed by atoms with van der Waals surface area (Å²) in [5.41, 5.74) is 12.1. The van der Waals surface area contributed by atoms with Crippen LogP contribution in [0.25, 0.3) is 0 Å². The molecule has 2 heterocycles. The standard InChI is InChI=1S/C21H23N5/c1-2-15-7-5-6-10-18(15)25-20-19(22)21(24-14-23-20)26-12-11-16-8-3-4-9-17(16)13-26/h3-10,14H,2,11-13,22H2,1H3,(H,23,24,25). The van der Waals surface area contributed by atoms with Gasteiger partial charge in [0.1, 0.15) is 12.0 Å². The van der Waals surface area contributed by atoms with Crippen LogP contribution in [0, 0.1) is 0 Å². The van der Waals surface area contributed by atoms with Crippen molar-refractivity contribution in [1.29, 1.82) is 0 Å². The van der Waals surface area contributed by atoms with Crippen LogP contribution >= 0.6 is 0 Å². The molecule has 2 aromatic carbocycles. The van der Waals surface area contributed by atoms with Crippen molar-refractivity contribution in [1.82, 2.24) is 9.97 Å². The van der Waals surface area contributed by atoms with Crippen LogP contribution in [0.3, 0.4) is 0 Å². The predicted molar refractivity (Wildman–Crippen MR) is 107 cm³/mol. The van der Waals surface area contributed by atoms with E-state index in [9.17, 15) is 0 Å². The van der Waals surface area contributed by atoms with Gasteiger partial charge in [-0.05, 0) is 35.6 Å². The van der Waals surface area contributed by atoms with Crippen LogP contribution < -0.4 is 16.0 Å². The number of benzene rings is 2. The zero-order valence-electron chi connectivity index (χ0n) is 14.9. The number of aromatic nitrogens is 2. The van der Waals surface area contributed by atoms with Crippen molar-refractivity contribution in [2.75, 3.05) is 22.5 Å². The van der Waals surface area contributed by atoms with Gasteiger partial charge in [-0.1, -0.05) is 49.4 Å². The van der Waals surface area contributed by atoms with E-state index < -0.39 is 0 Å². The van der Waals surface area contributed by atoms with E-state index in [-0.39, 0.29) is 0 Å². The van der Waals surface area contributed by atoms with Crippen LogP contribution in [0.15, 0.2) is 54.9 Å². The molecule has 3 N–H and O–H groups in total. The highest BCUT2D eigenvalue weighted by molar-refractivity contribution is 5.79. The Kier molecular flexibility index (Phi) is 4.44. The van der Waals surface area contributed by atoms with Crippen LogP contribution in [0.1, 0.15) is 23.6 Å². The molecule has 5 heteroatoms. The molecule has 132 valence electrons. The third-order valence-corrected chi connectivity index (χ3v) is 4.94. The second kappa shape index (κ2) is 7.04. The van der Waals surface area contributed by atoms with Gasteiger partial charge >= 0.3 is 0 Å². The van der Waals surface area contributed by atoms with Crippen molar-refractivity contribution in [2.45, 2.75) is 26.3 Å². The van der Waals surface area contributed by atoms with Gasteiger partial charge in [0.25, 0.3) is 0 Å². The third-order valence-electron chi connectivity index (χ3n) is 4.94. The van der Waals surface area contributed by atoms with Crippen LogP contribution in [0.2, 0.25) is 0 Å². The summed E-state index contributed by atoms with van der Waals surface area (Å²) in [7, 11) is 0. The highest BCUT2D eigenvalue weighted by Gasteiger charge is 2.20. The molecule has 0 atom stereocenters. The fourth-order valence-electron chi connectivity index (χ4n) is 3.49. The molecule has 26 heavy (non-hydrogen) atoms. The summed E-state index contributed by atoms with van der Waals surface area (Å²) in [6, 6.07) is 16.8. The number of fused-ring (bicyclic) bond motifs is 1. The van der Waals surface area contributed by atoms with Gasteiger partial charge in [0.05, 0.1) is 0 Å². The number of nitrogens with zero attached hydrogens (tertiary/aromatic N) is 3. The van der Waals surface area contributed by atoms with Crippen molar-refractivity contribution >= 4 is 23.0 Å². The maximum absolute atomic E-state index is 6.44. The van der Waals surface area contributed by atoms with Crippen molar-refractivity contribution in [3.8, 4) is 0 Å². The molecule has 0 aliphatic carbocycles. The number of aryl methyl sites for hydroxylation is 1. The molecule has 0 radical (unpaired) electrons. The van der Waals surface area contributed by atoms with E-state index in [0.29, 0.717) is 11.5 Å². The fraction of sp³-hybridized carbons (Fsp3) is 0.238. The lowest BCUT2D eigenvalue weighted by Gasteiger charge is -2.30. The Labute approximate surface area is 153 Å². The minimum Gasteiger partial charge on any atom is -0.393 e. The Morgan fingerprint density at radius 3 is 2.65 bits per heavy atom. The van der Waals surface area contributed by atoms with E-state index in [2.05, 4.69) is 63.5 Å². The smallest absolute Gasteiger partial charge is 0.159 e.